The third-order valence-electron chi connectivity index (χ3n) is 5.36. The van der Waals surface area contributed by atoms with Crippen LogP contribution in [0.3, 0.4) is 0 Å². The molecule has 0 fully saturated rings. The fourth-order valence-corrected chi connectivity index (χ4v) is 3.49. The smallest absolute Gasteiger partial charge is 0.244 e. The van der Waals surface area contributed by atoms with Gasteiger partial charge in [0.05, 0.1) is 0 Å². The van der Waals surface area contributed by atoms with Crippen LogP contribution < -0.4 is 5.73 Å². The van der Waals surface area contributed by atoms with E-state index in [-0.39, 0.29) is 5.91 Å². The van der Waals surface area contributed by atoms with E-state index in [9.17, 15) is 4.79 Å². The van der Waals surface area contributed by atoms with Crippen molar-refractivity contribution >= 4 is 5.91 Å². The van der Waals surface area contributed by atoms with Gasteiger partial charge in [-0.25, -0.2) is 0 Å². The summed E-state index contributed by atoms with van der Waals surface area (Å²) in [5, 5.41) is 0. The highest BCUT2D eigenvalue weighted by atomic mass is 16.1. The lowest BCUT2D eigenvalue weighted by Gasteiger charge is -2.05. The fourth-order valence-electron chi connectivity index (χ4n) is 3.49. The molecule has 0 aromatic carbocycles. The summed E-state index contributed by atoms with van der Waals surface area (Å²) in [4.78, 5) is 10.8. The molecule has 0 radical (unpaired) electrons. The SMILES string of the molecule is C=C(CCCCCCCCCCCCCCCCCCC(C)C)C(N)=O. The Kier molecular flexibility index (Phi) is 18.4. The van der Waals surface area contributed by atoms with Crippen molar-refractivity contribution in [2.45, 2.75) is 129 Å². The molecule has 0 aliphatic carbocycles. The Morgan fingerprint density at radius 1 is 0.654 bits per heavy atom. The quantitative estimate of drug-likeness (QED) is 0.174. The van der Waals surface area contributed by atoms with E-state index in [1.54, 1.807) is 0 Å². The summed E-state index contributed by atoms with van der Waals surface area (Å²) in [5.41, 5.74) is 5.76. The largest absolute Gasteiger partial charge is 0.366 e. The second-order valence-electron chi connectivity index (χ2n) is 8.56. The fraction of sp³-hybridized carbons (Fsp3) is 0.875. The van der Waals surface area contributed by atoms with E-state index in [1.807, 2.05) is 0 Å². The third kappa shape index (κ3) is 19.5. The van der Waals surface area contributed by atoms with Crippen LogP contribution in [0.2, 0.25) is 0 Å². The van der Waals surface area contributed by atoms with Gasteiger partial charge in [0.1, 0.15) is 0 Å². The molecule has 0 spiro atoms. The molecule has 1 amide bonds. The molecule has 2 heteroatoms. The summed E-state index contributed by atoms with van der Waals surface area (Å²) >= 11 is 0. The van der Waals surface area contributed by atoms with Crippen LogP contribution in [0.5, 0.6) is 0 Å². The van der Waals surface area contributed by atoms with E-state index in [4.69, 9.17) is 5.73 Å². The van der Waals surface area contributed by atoms with Gasteiger partial charge in [-0.2, -0.15) is 0 Å². The minimum atomic E-state index is -0.341. The van der Waals surface area contributed by atoms with Gasteiger partial charge < -0.3 is 5.73 Å². The van der Waals surface area contributed by atoms with Gasteiger partial charge in [-0.05, 0) is 18.8 Å². The normalized spacial score (nSPS) is 11.2. The summed E-state index contributed by atoms with van der Waals surface area (Å²) in [6.07, 6.45) is 24.2. The van der Waals surface area contributed by atoms with Crippen molar-refractivity contribution in [2.24, 2.45) is 11.7 Å². The summed E-state index contributed by atoms with van der Waals surface area (Å²) in [7, 11) is 0. The predicted octanol–water partition coefficient (Wildman–Crippen LogP) is 7.71. The average Bonchev–Trinajstić information content (AvgIpc) is 2.60. The lowest BCUT2D eigenvalue weighted by molar-refractivity contribution is -0.114. The van der Waals surface area contributed by atoms with E-state index in [0.29, 0.717) is 5.57 Å². The number of hydrogen-bond acceptors (Lipinski definition) is 1. The molecule has 0 unspecified atom stereocenters. The number of carbonyl (C=O) groups is 1. The molecule has 0 saturated heterocycles. The molecule has 0 bridgehead atoms. The Morgan fingerprint density at radius 2 is 0.962 bits per heavy atom. The average molecular weight is 366 g/mol. The lowest BCUT2D eigenvalue weighted by atomic mass is 10.0. The first-order valence-corrected chi connectivity index (χ1v) is 11.5. The van der Waals surface area contributed by atoms with E-state index in [2.05, 4.69) is 20.4 Å². The van der Waals surface area contributed by atoms with Gasteiger partial charge in [-0.15, -0.1) is 0 Å². The number of rotatable bonds is 20. The minimum Gasteiger partial charge on any atom is -0.366 e. The molecule has 0 saturated carbocycles. The molecule has 0 heterocycles. The zero-order chi connectivity index (χ0) is 19.5. The van der Waals surface area contributed by atoms with Crippen LogP contribution in [0, 0.1) is 5.92 Å². The molecule has 0 rings (SSSR count). The third-order valence-corrected chi connectivity index (χ3v) is 5.36. The Balaban J connectivity index is 3.07. The van der Waals surface area contributed by atoms with Crippen LogP contribution in [-0.4, -0.2) is 5.91 Å². The minimum absolute atomic E-state index is 0.341. The van der Waals surface area contributed by atoms with Gasteiger partial charge in [-0.3, -0.25) is 4.79 Å². The Bertz CT molecular complexity index is 335. The van der Waals surface area contributed by atoms with Crippen molar-refractivity contribution in [3.63, 3.8) is 0 Å². The number of hydrogen-bond donors (Lipinski definition) is 1. The molecule has 0 aliphatic heterocycles. The second-order valence-corrected chi connectivity index (χ2v) is 8.56. The van der Waals surface area contributed by atoms with Crippen molar-refractivity contribution in [1.29, 1.82) is 0 Å². The molecular formula is C24H47NO. The highest BCUT2D eigenvalue weighted by Gasteiger charge is 2.00. The van der Waals surface area contributed by atoms with Gasteiger partial charge in [0, 0.05) is 5.57 Å². The Hall–Kier alpha value is -0.790. The number of nitrogens with two attached hydrogens (primary N) is 1. The zero-order valence-electron chi connectivity index (χ0n) is 18.0. The summed E-state index contributed by atoms with van der Waals surface area (Å²) in [6, 6.07) is 0. The van der Waals surface area contributed by atoms with Crippen LogP contribution >= 0.6 is 0 Å². The van der Waals surface area contributed by atoms with Crippen LogP contribution in [0.4, 0.5) is 0 Å². The van der Waals surface area contributed by atoms with Gasteiger partial charge in [0.25, 0.3) is 0 Å². The maximum atomic E-state index is 10.8. The monoisotopic (exact) mass is 365 g/mol. The maximum Gasteiger partial charge on any atom is 0.244 e. The van der Waals surface area contributed by atoms with Crippen LogP contribution in [0.1, 0.15) is 129 Å². The van der Waals surface area contributed by atoms with Crippen molar-refractivity contribution < 1.29 is 4.79 Å². The highest BCUT2D eigenvalue weighted by molar-refractivity contribution is 5.91. The van der Waals surface area contributed by atoms with Crippen LogP contribution in [0.15, 0.2) is 12.2 Å². The van der Waals surface area contributed by atoms with Crippen molar-refractivity contribution in [1.82, 2.24) is 0 Å². The van der Waals surface area contributed by atoms with E-state index < -0.39 is 0 Å². The first-order chi connectivity index (χ1) is 12.5. The number of amides is 1. The molecule has 2 nitrogen and oxygen atoms in total. The lowest BCUT2D eigenvalue weighted by Crippen LogP contribution is -2.12. The summed E-state index contributed by atoms with van der Waals surface area (Å²) < 4.78 is 0. The van der Waals surface area contributed by atoms with Crippen LogP contribution in [0.25, 0.3) is 0 Å². The zero-order valence-corrected chi connectivity index (χ0v) is 18.0. The summed E-state index contributed by atoms with van der Waals surface area (Å²) in [6.45, 7) is 8.35. The van der Waals surface area contributed by atoms with Crippen molar-refractivity contribution in [2.75, 3.05) is 0 Å². The first kappa shape index (κ1) is 25.2. The van der Waals surface area contributed by atoms with Gasteiger partial charge in [-0.1, -0.05) is 123 Å². The standard InChI is InChI=1S/C24H47NO/c1-22(2)20-18-16-14-12-10-8-6-4-5-7-9-11-13-15-17-19-21-23(3)24(25)26/h22H,3-21H2,1-2H3,(H2,25,26). The molecule has 154 valence electrons. The molecule has 26 heavy (non-hydrogen) atoms. The van der Waals surface area contributed by atoms with E-state index in [0.717, 1.165) is 18.8 Å². The van der Waals surface area contributed by atoms with Gasteiger partial charge in [0.2, 0.25) is 5.91 Å². The summed E-state index contributed by atoms with van der Waals surface area (Å²) in [5.74, 6) is 0.537. The highest BCUT2D eigenvalue weighted by Crippen LogP contribution is 2.15. The number of primary amides is 1. The second kappa shape index (κ2) is 19.0. The van der Waals surface area contributed by atoms with Gasteiger partial charge in [0.15, 0.2) is 0 Å². The van der Waals surface area contributed by atoms with Crippen molar-refractivity contribution in [3.05, 3.63) is 12.2 Å². The molecule has 2 N–H and O–H groups in total. The Labute approximate surface area is 164 Å². The maximum absolute atomic E-state index is 10.8. The van der Waals surface area contributed by atoms with E-state index in [1.165, 1.54) is 103 Å². The topological polar surface area (TPSA) is 43.1 Å². The molecule has 0 atom stereocenters. The van der Waals surface area contributed by atoms with Gasteiger partial charge >= 0.3 is 0 Å². The number of unbranched alkanes of at least 4 members (excludes halogenated alkanes) is 15. The van der Waals surface area contributed by atoms with Crippen LogP contribution in [-0.2, 0) is 4.79 Å². The van der Waals surface area contributed by atoms with E-state index >= 15 is 0 Å². The molecule has 0 aromatic rings. The predicted molar refractivity (Wildman–Crippen MR) is 116 cm³/mol. The van der Waals surface area contributed by atoms with Crippen molar-refractivity contribution in [3.8, 4) is 0 Å². The Morgan fingerprint density at radius 3 is 1.27 bits per heavy atom. The molecular weight excluding hydrogens is 318 g/mol. The number of carbonyl (C=O) groups excluding carboxylic acids is 1. The molecule has 0 aromatic heterocycles. The molecule has 0 aliphatic rings. The first-order valence-electron chi connectivity index (χ1n) is 11.5.